The Bertz CT molecular complexity index is 1230. The van der Waals surface area contributed by atoms with Crippen LogP contribution in [0.5, 0.6) is 0 Å². The molecule has 2 aromatic carbocycles. The lowest BCUT2D eigenvalue weighted by Gasteiger charge is -2.26. The second kappa shape index (κ2) is 11.1. The molecule has 0 atom stereocenters. The van der Waals surface area contributed by atoms with E-state index in [9.17, 15) is 18.0 Å². The van der Waals surface area contributed by atoms with Crippen LogP contribution in [-0.4, -0.2) is 30.5 Å². The fourth-order valence-corrected chi connectivity index (χ4v) is 4.64. The number of para-hydroxylation sites is 1. The van der Waals surface area contributed by atoms with Gasteiger partial charge in [-0.25, -0.2) is 22.9 Å². The molecule has 0 spiro atoms. The van der Waals surface area contributed by atoms with Crippen molar-refractivity contribution in [2.45, 2.75) is 56.9 Å². The number of rotatable bonds is 4. The average molecular weight is 471 g/mol. The van der Waals surface area contributed by atoms with Crippen molar-refractivity contribution in [1.82, 2.24) is 20.0 Å². The van der Waals surface area contributed by atoms with Gasteiger partial charge >= 0.3 is 6.03 Å². The van der Waals surface area contributed by atoms with E-state index in [1.807, 2.05) is 25.1 Å². The van der Waals surface area contributed by atoms with Gasteiger partial charge in [0.2, 0.25) is 0 Å². The van der Waals surface area contributed by atoms with Crippen molar-refractivity contribution in [2.75, 3.05) is 0 Å². The molecule has 1 aromatic heterocycles. The SMILES string of the molecule is CCc1ccc(S(=O)(=O)NC(=O)NC2CCC(C)CC2)cc1.O=c1[nH]cnc2ccccc12. The lowest BCUT2D eigenvalue weighted by molar-refractivity contribution is 0.233. The Labute approximate surface area is 193 Å². The molecule has 176 valence electrons. The largest absolute Gasteiger partial charge is 0.335 e. The molecule has 33 heavy (non-hydrogen) atoms. The van der Waals surface area contributed by atoms with Crippen molar-refractivity contribution in [1.29, 1.82) is 0 Å². The number of sulfonamides is 1. The van der Waals surface area contributed by atoms with E-state index in [-0.39, 0.29) is 16.5 Å². The summed E-state index contributed by atoms with van der Waals surface area (Å²) in [5, 5.41) is 3.39. The normalized spacial score (nSPS) is 18.1. The van der Waals surface area contributed by atoms with E-state index >= 15 is 0 Å². The Kier molecular flexibility index (Phi) is 8.21. The van der Waals surface area contributed by atoms with Gasteiger partial charge in [-0.2, -0.15) is 0 Å². The van der Waals surface area contributed by atoms with Crippen molar-refractivity contribution >= 4 is 27.0 Å². The lowest BCUT2D eigenvalue weighted by atomic mass is 9.87. The Morgan fingerprint density at radius 3 is 2.36 bits per heavy atom. The van der Waals surface area contributed by atoms with Crippen LogP contribution in [0.2, 0.25) is 0 Å². The zero-order valence-electron chi connectivity index (χ0n) is 18.9. The van der Waals surface area contributed by atoms with Gasteiger partial charge in [0.15, 0.2) is 0 Å². The van der Waals surface area contributed by atoms with Crippen molar-refractivity contribution in [3.05, 3.63) is 70.8 Å². The van der Waals surface area contributed by atoms with Crippen LogP contribution in [0.3, 0.4) is 0 Å². The fourth-order valence-electron chi connectivity index (χ4n) is 3.72. The predicted octanol–water partition coefficient (Wildman–Crippen LogP) is 3.74. The van der Waals surface area contributed by atoms with Crippen molar-refractivity contribution in [3.63, 3.8) is 0 Å². The summed E-state index contributed by atoms with van der Waals surface area (Å²) in [7, 11) is -3.81. The van der Waals surface area contributed by atoms with Crippen molar-refractivity contribution < 1.29 is 13.2 Å². The third-order valence-corrected chi connectivity index (χ3v) is 7.11. The van der Waals surface area contributed by atoms with Crippen LogP contribution >= 0.6 is 0 Å². The quantitative estimate of drug-likeness (QED) is 0.536. The first kappa shape index (κ1) is 24.4. The van der Waals surface area contributed by atoms with E-state index < -0.39 is 16.1 Å². The van der Waals surface area contributed by atoms with Crippen LogP contribution in [-0.2, 0) is 16.4 Å². The molecule has 1 aliphatic carbocycles. The molecule has 0 bridgehead atoms. The van der Waals surface area contributed by atoms with Gasteiger partial charge in [0.1, 0.15) is 0 Å². The third kappa shape index (κ3) is 6.89. The Morgan fingerprint density at radius 2 is 1.73 bits per heavy atom. The van der Waals surface area contributed by atoms with E-state index in [0.717, 1.165) is 43.2 Å². The van der Waals surface area contributed by atoms with Crippen molar-refractivity contribution in [2.24, 2.45) is 5.92 Å². The highest BCUT2D eigenvalue weighted by atomic mass is 32.2. The van der Waals surface area contributed by atoms with E-state index in [1.165, 1.54) is 18.5 Å². The Balaban J connectivity index is 0.000000231. The first-order chi connectivity index (χ1) is 15.8. The molecule has 1 heterocycles. The molecular weight excluding hydrogens is 440 g/mol. The molecule has 4 rings (SSSR count). The van der Waals surface area contributed by atoms with Gasteiger partial charge in [0.05, 0.1) is 22.1 Å². The third-order valence-electron chi connectivity index (χ3n) is 5.77. The van der Waals surface area contributed by atoms with Gasteiger partial charge in [0.25, 0.3) is 15.6 Å². The van der Waals surface area contributed by atoms with Crippen LogP contribution < -0.4 is 15.6 Å². The zero-order valence-corrected chi connectivity index (χ0v) is 19.7. The molecule has 0 saturated heterocycles. The van der Waals surface area contributed by atoms with E-state index in [2.05, 4.69) is 26.9 Å². The number of hydrogen-bond donors (Lipinski definition) is 3. The molecule has 8 nitrogen and oxygen atoms in total. The molecule has 0 unspecified atom stereocenters. The monoisotopic (exact) mass is 470 g/mol. The summed E-state index contributed by atoms with van der Waals surface area (Å²) in [6.07, 6.45) is 6.19. The number of H-pyrrole nitrogens is 1. The number of nitrogens with one attached hydrogen (secondary N) is 3. The smallest absolute Gasteiger partial charge is 0.328 e. The molecule has 0 radical (unpaired) electrons. The summed E-state index contributed by atoms with van der Waals surface area (Å²) in [5.74, 6) is 0.682. The number of carbonyl (C=O) groups is 1. The maximum absolute atomic E-state index is 12.2. The number of aromatic amines is 1. The number of benzene rings is 2. The fraction of sp³-hybridized carbons (Fsp3) is 0.375. The van der Waals surface area contributed by atoms with Crippen LogP contribution in [0.1, 0.15) is 45.1 Å². The number of aryl methyl sites for hydroxylation is 1. The van der Waals surface area contributed by atoms with E-state index in [4.69, 9.17) is 0 Å². The lowest BCUT2D eigenvalue weighted by Crippen LogP contribution is -2.45. The summed E-state index contributed by atoms with van der Waals surface area (Å²) in [6.45, 7) is 4.20. The topological polar surface area (TPSA) is 121 Å². The maximum atomic E-state index is 12.2. The first-order valence-electron chi connectivity index (χ1n) is 11.1. The zero-order chi connectivity index (χ0) is 23.8. The highest BCUT2D eigenvalue weighted by Crippen LogP contribution is 2.23. The molecule has 1 saturated carbocycles. The Hall–Kier alpha value is -3.20. The highest BCUT2D eigenvalue weighted by Gasteiger charge is 2.22. The van der Waals surface area contributed by atoms with E-state index in [0.29, 0.717) is 11.3 Å². The standard InChI is InChI=1S/C16H24N2O3S.C8H6N2O/c1-3-13-6-10-15(11-7-13)22(20,21)18-16(19)17-14-8-4-12(2)5-9-14;11-8-6-3-1-2-4-7(6)9-5-10-8/h6-7,10-12,14H,3-5,8-9H2,1-2H3,(H2,17,18,19);1-5H,(H,9,10,11). The highest BCUT2D eigenvalue weighted by molar-refractivity contribution is 7.90. The second-order valence-electron chi connectivity index (χ2n) is 8.28. The molecule has 9 heteroatoms. The summed E-state index contributed by atoms with van der Waals surface area (Å²) in [5.41, 5.74) is 1.70. The van der Waals surface area contributed by atoms with Crippen LogP contribution in [0, 0.1) is 5.92 Å². The number of carbonyl (C=O) groups excluding carboxylic acids is 1. The molecule has 1 aliphatic rings. The minimum absolute atomic E-state index is 0.0638. The van der Waals surface area contributed by atoms with Gasteiger partial charge in [0, 0.05) is 6.04 Å². The van der Waals surface area contributed by atoms with Gasteiger partial charge < -0.3 is 10.3 Å². The first-order valence-corrected chi connectivity index (χ1v) is 12.6. The molecule has 3 N–H and O–H groups in total. The molecule has 0 aliphatic heterocycles. The van der Waals surface area contributed by atoms with E-state index in [1.54, 1.807) is 18.2 Å². The minimum Gasteiger partial charge on any atom is -0.335 e. The summed E-state index contributed by atoms with van der Waals surface area (Å²) in [4.78, 5) is 29.6. The number of urea groups is 1. The van der Waals surface area contributed by atoms with Gasteiger partial charge in [-0.15, -0.1) is 0 Å². The van der Waals surface area contributed by atoms with Crippen molar-refractivity contribution in [3.8, 4) is 0 Å². The summed E-state index contributed by atoms with van der Waals surface area (Å²) < 4.78 is 26.4. The summed E-state index contributed by atoms with van der Waals surface area (Å²) in [6, 6.07) is 13.2. The number of hydrogen-bond acceptors (Lipinski definition) is 5. The van der Waals surface area contributed by atoms with Crippen LogP contribution in [0.4, 0.5) is 4.79 Å². The van der Waals surface area contributed by atoms with Crippen LogP contribution in [0.15, 0.2) is 64.5 Å². The number of nitrogens with zero attached hydrogens (tertiary/aromatic N) is 1. The molecule has 3 aromatic rings. The molecule has 1 fully saturated rings. The number of aromatic nitrogens is 2. The van der Waals surface area contributed by atoms with Crippen LogP contribution in [0.25, 0.3) is 10.9 Å². The number of fused-ring (bicyclic) bond motifs is 1. The average Bonchev–Trinajstić information content (AvgIpc) is 2.81. The van der Waals surface area contributed by atoms with Gasteiger partial charge in [-0.3, -0.25) is 4.79 Å². The molecule has 2 amide bonds. The molecular formula is C24H30N4O4S. The second-order valence-corrected chi connectivity index (χ2v) is 9.96. The minimum atomic E-state index is -3.81. The van der Waals surface area contributed by atoms with Gasteiger partial charge in [-0.05, 0) is 67.9 Å². The maximum Gasteiger partial charge on any atom is 0.328 e. The van der Waals surface area contributed by atoms with Gasteiger partial charge in [-0.1, -0.05) is 38.1 Å². The Morgan fingerprint density at radius 1 is 1.06 bits per heavy atom. The number of amides is 2. The summed E-state index contributed by atoms with van der Waals surface area (Å²) >= 11 is 0. The predicted molar refractivity (Wildman–Crippen MR) is 128 cm³/mol.